The van der Waals surface area contributed by atoms with Gasteiger partial charge in [0.05, 0.1) is 17.2 Å². The molecule has 1 saturated heterocycles. The van der Waals surface area contributed by atoms with E-state index in [1.807, 2.05) is 24.0 Å². The molecular weight excluding hydrogens is 266 g/mol. The number of benzene rings is 1. The number of hydrogen-bond acceptors (Lipinski definition) is 4. The number of fused-ring (bicyclic) bond motifs is 1. The van der Waals surface area contributed by atoms with Crippen molar-refractivity contribution < 1.29 is 9.90 Å². The van der Waals surface area contributed by atoms with Gasteiger partial charge in [-0.15, -0.1) is 0 Å². The van der Waals surface area contributed by atoms with Crippen LogP contribution in [-0.4, -0.2) is 45.1 Å². The number of aromatic nitrogens is 2. The highest BCUT2D eigenvalue weighted by molar-refractivity contribution is 6.04. The Morgan fingerprint density at radius 1 is 1.38 bits per heavy atom. The van der Waals surface area contributed by atoms with Gasteiger partial charge in [-0.1, -0.05) is 13.0 Å². The highest BCUT2D eigenvalue weighted by atomic mass is 16.3. The molecule has 0 saturated carbocycles. The lowest BCUT2D eigenvalue weighted by Crippen LogP contribution is -2.45. The predicted molar refractivity (Wildman–Crippen MR) is 79.8 cm³/mol. The van der Waals surface area contributed by atoms with Gasteiger partial charge in [0, 0.05) is 31.4 Å². The Bertz CT molecular complexity index is 654. The SMILES string of the molecule is CCC1CN(C(=O)c2cccc3nccnc23)CCC1O. The van der Waals surface area contributed by atoms with Crippen molar-refractivity contribution in [3.05, 3.63) is 36.2 Å². The fourth-order valence-corrected chi connectivity index (χ4v) is 2.94. The van der Waals surface area contributed by atoms with Crippen LogP contribution in [0.5, 0.6) is 0 Å². The van der Waals surface area contributed by atoms with E-state index in [2.05, 4.69) is 9.97 Å². The van der Waals surface area contributed by atoms with Crippen molar-refractivity contribution in [2.45, 2.75) is 25.9 Å². The van der Waals surface area contributed by atoms with Crippen LogP contribution >= 0.6 is 0 Å². The number of nitrogens with zero attached hydrogens (tertiary/aromatic N) is 3. The van der Waals surface area contributed by atoms with Crippen LogP contribution in [0.25, 0.3) is 11.0 Å². The van der Waals surface area contributed by atoms with Gasteiger partial charge >= 0.3 is 0 Å². The average molecular weight is 285 g/mol. The molecule has 1 aromatic carbocycles. The van der Waals surface area contributed by atoms with Crippen molar-refractivity contribution in [2.75, 3.05) is 13.1 Å². The maximum Gasteiger partial charge on any atom is 0.256 e. The minimum atomic E-state index is -0.300. The molecule has 5 nitrogen and oxygen atoms in total. The first-order valence-electron chi connectivity index (χ1n) is 7.37. The highest BCUT2D eigenvalue weighted by Gasteiger charge is 2.30. The number of hydrogen-bond donors (Lipinski definition) is 1. The summed E-state index contributed by atoms with van der Waals surface area (Å²) in [6.07, 6.45) is 4.45. The van der Waals surface area contributed by atoms with Gasteiger partial charge in [0.2, 0.25) is 0 Å². The molecular formula is C16H19N3O2. The third kappa shape index (κ3) is 2.61. The van der Waals surface area contributed by atoms with Crippen LogP contribution in [0.1, 0.15) is 30.1 Å². The Balaban J connectivity index is 1.90. The van der Waals surface area contributed by atoms with Crippen molar-refractivity contribution in [1.82, 2.24) is 14.9 Å². The van der Waals surface area contributed by atoms with E-state index in [4.69, 9.17) is 0 Å². The number of rotatable bonds is 2. The molecule has 1 aliphatic heterocycles. The van der Waals surface area contributed by atoms with E-state index in [9.17, 15) is 9.90 Å². The Morgan fingerprint density at radius 3 is 3.00 bits per heavy atom. The number of aliphatic hydroxyl groups excluding tert-OH is 1. The molecule has 0 aliphatic carbocycles. The molecule has 1 aromatic heterocycles. The zero-order chi connectivity index (χ0) is 14.8. The third-order valence-corrected chi connectivity index (χ3v) is 4.23. The van der Waals surface area contributed by atoms with Gasteiger partial charge in [0.1, 0.15) is 5.52 Å². The van der Waals surface area contributed by atoms with E-state index in [1.54, 1.807) is 18.5 Å². The molecule has 1 aliphatic rings. The van der Waals surface area contributed by atoms with Gasteiger partial charge in [-0.3, -0.25) is 14.8 Å². The summed E-state index contributed by atoms with van der Waals surface area (Å²) < 4.78 is 0. The van der Waals surface area contributed by atoms with Crippen LogP contribution in [0.3, 0.4) is 0 Å². The molecule has 5 heteroatoms. The Morgan fingerprint density at radius 2 is 2.19 bits per heavy atom. The first-order chi connectivity index (χ1) is 10.2. The van der Waals surface area contributed by atoms with Crippen molar-refractivity contribution in [3.63, 3.8) is 0 Å². The predicted octanol–water partition coefficient (Wildman–Crippen LogP) is 1.86. The van der Waals surface area contributed by atoms with Crippen molar-refractivity contribution in [1.29, 1.82) is 0 Å². The van der Waals surface area contributed by atoms with Crippen LogP contribution in [0.15, 0.2) is 30.6 Å². The van der Waals surface area contributed by atoms with E-state index < -0.39 is 0 Å². The van der Waals surface area contributed by atoms with Crippen LogP contribution in [0.4, 0.5) is 0 Å². The first-order valence-corrected chi connectivity index (χ1v) is 7.37. The van der Waals surface area contributed by atoms with Gasteiger partial charge in [-0.2, -0.15) is 0 Å². The highest BCUT2D eigenvalue weighted by Crippen LogP contribution is 2.23. The van der Waals surface area contributed by atoms with E-state index in [0.717, 1.165) is 11.9 Å². The molecule has 2 unspecified atom stereocenters. The molecule has 2 aromatic rings. The Kier molecular flexibility index (Phi) is 3.84. The summed E-state index contributed by atoms with van der Waals surface area (Å²) in [5, 5.41) is 9.95. The lowest BCUT2D eigenvalue weighted by Gasteiger charge is -2.35. The number of para-hydroxylation sites is 1. The summed E-state index contributed by atoms with van der Waals surface area (Å²) in [5.41, 5.74) is 1.96. The zero-order valence-electron chi connectivity index (χ0n) is 12.1. The average Bonchev–Trinajstić information content (AvgIpc) is 2.54. The molecule has 21 heavy (non-hydrogen) atoms. The van der Waals surface area contributed by atoms with Crippen molar-refractivity contribution >= 4 is 16.9 Å². The molecule has 1 N–H and O–H groups in total. The molecule has 0 radical (unpaired) electrons. The maximum atomic E-state index is 12.8. The van der Waals surface area contributed by atoms with E-state index in [1.165, 1.54) is 0 Å². The second-order valence-electron chi connectivity index (χ2n) is 5.51. The summed E-state index contributed by atoms with van der Waals surface area (Å²) in [6.45, 7) is 3.24. The fraction of sp³-hybridized carbons (Fsp3) is 0.438. The van der Waals surface area contributed by atoms with Gasteiger partial charge in [-0.05, 0) is 25.0 Å². The molecule has 2 heterocycles. The van der Waals surface area contributed by atoms with E-state index in [0.29, 0.717) is 30.6 Å². The van der Waals surface area contributed by atoms with E-state index >= 15 is 0 Å². The summed E-state index contributed by atoms with van der Waals surface area (Å²) in [6, 6.07) is 5.49. The van der Waals surface area contributed by atoms with Crippen LogP contribution in [-0.2, 0) is 0 Å². The number of aliphatic hydroxyl groups is 1. The molecule has 1 fully saturated rings. The number of piperidine rings is 1. The molecule has 2 atom stereocenters. The number of carbonyl (C=O) groups excluding carboxylic acids is 1. The zero-order valence-corrected chi connectivity index (χ0v) is 12.1. The van der Waals surface area contributed by atoms with Gasteiger partial charge in [-0.25, -0.2) is 0 Å². The largest absolute Gasteiger partial charge is 0.393 e. The molecule has 3 rings (SSSR count). The molecule has 0 spiro atoms. The second-order valence-corrected chi connectivity index (χ2v) is 5.51. The first kappa shape index (κ1) is 13.9. The smallest absolute Gasteiger partial charge is 0.256 e. The quantitative estimate of drug-likeness (QED) is 0.914. The second kappa shape index (κ2) is 5.77. The number of carbonyl (C=O) groups is 1. The van der Waals surface area contributed by atoms with Crippen LogP contribution in [0, 0.1) is 5.92 Å². The Labute approximate surface area is 123 Å². The minimum absolute atomic E-state index is 0.0218. The van der Waals surface area contributed by atoms with Crippen LogP contribution < -0.4 is 0 Å². The summed E-state index contributed by atoms with van der Waals surface area (Å²) in [4.78, 5) is 23.1. The van der Waals surface area contributed by atoms with Crippen molar-refractivity contribution in [3.8, 4) is 0 Å². The summed E-state index contributed by atoms with van der Waals surface area (Å²) in [7, 11) is 0. The molecule has 110 valence electrons. The molecule has 1 amide bonds. The lowest BCUT2D eigenvalue weighted by molar-refractivity contribution is 0.0230. The summed E-state index contributed by atoms with van der Waals surface area (Å²) >= 11 is 0. The van der Waals surface area contributed by atoms with Gasteiger partial charge in [0.15, 0.2) is 0 Å². The standard InChI is InChI=1S/C16H19N3O2/c1-2-11-10-19(9-6-14(11)20)16(21)12-4-3-5-13-15(12)18-8-7-17-13/h3-5,7-8,11,14,20H,2,6,9-10H2,1H3. The van der Waals surface area contributed by atoms with Gasteiger partial charge in [0.25, 0.3) is 5.91 Å². The number of likely N-dealkylation sites (tertiary alicyclic amines) is 1. The van der Waals surface area contributed by atoms with Crippen molar-refractivity contribution in [2.24, 2.45) is 5.92 Å². The van der Waals surface area contributed by atoms with Crippen LogP contribution in [0.2, 0.25) is 0 Å². The lowest BCUT2D eigenvalue weighted by atomic mass is 9.92. The summed E-state index contributed by atoms with van der Waals surface area (Å²) in [5.74, 6) is 0.134. The van der Waals surface area contributed by atoms with Gasteiger partial charge < -0.3 is 10.0 Å². The fourth-order valence-electron chi connectivity index (χ4n) is 2.94. The number of amides is 1. The minimum Gasteiger partial charge on any atom is -0.393 e. The monoisotopic (exact) mass is 285 g/mol. The molecule has 0 bridgehead atoms. The normalized spacial score (nSPS) is 22.5. The maximum absolute atomic E-state index is 12.8. The topological polar surface area (TPSA) is 66.3 Å². The Hall–Kier alpha value is -2.01. The third-order valence-electron chi connectivity index (χ3n) is 4.23. The van der Waals surface area contributed by atoms with E-state index in [-0.39, 0.29) is 17.9 Å².